The van der Waals surface area contributed by atoms with E-state index in [0.29, 0.717) is 5.56 Å². The molecule has 2 rings (SSSR count). The van der Waals surface area contributed by atoms with Crippen molar-refractivity contribution in [2.75, 3.05) is 21.2 Å². The number of barbiturate groups is 1. The Morgan fingerprint density at radius 3 is 2.19 bits per heavy atom. The van der Waals surface area contributed by atoms with Crippen LogP contribution in [0.15, 0.2) is 23.8 Å². The van der Waals surface area contributed by atoms with Gasteiger partial charge in [-0.3, -0.25) is 19.4 Å². The predicted octanol–water partition coefficient (Wildman–Crippen LogP) is 0.981. The SMILES string of the molecule is COc1cc(C=C2C(=O)N(C)C(=O)N(C)C2=O)ccc1OC(C)C(=O)O. The van der Waals surface area contributed by atoms with E-state index in [4.69, 9.17) is 14.6 Å². The zero-order valence-electron chi connectivity index (χ0n) is 14.7. The van der Waals surface area contributed by atoms with Gasteiger partial charge in [0.15, 0.2) is 17.6 Å². The number of urea groups is 1. The van der Waals surface area contributed by atoms with Crippen molar-refractivity contribution in [3.63, 3.8) is 0 Å². The highest BCUT2D eigenvalue weighted by molar-refractivity contribution is 6.30. The molecule has 1 aliphatic heterocycles. The fourth-order valence-corrected chi connectivity index (χ4v) is 2.25. The minimum atomic E-state index is -1.13. The molecule has 1 unspecified atom stereocenters. The summed E-state index contributed by atoms with van der Waals surface area (Å²) in [7, 11) is 3.94. The molecular formula is C17H18N2O7. The third-order valence-electron chi connectivity index (χ3n) is 3.79. The Hall–Kier alpha value is -3.36. The second kappa shape index (κ2) is 7.26. The average molecular weight is 362 g/mol. The van der Waals surface area contributed by atoms with Gasteiger partial charge in [0.2, 0.25) is 0 Å². The number of nitrogens with zero attached hydrogens (tertiary/aromatic N) is 2. The van der Waals surface area contributed by atoms with Gasteiger partial charge < -0.3 is 14.6 Å². The van der Waals surface area contributed by atoms with Crippen molar-refractivity contribution in [2.24, 2.45) is 0 Å². The molecule has 1 aliphatic rings. The summed E-state index contributed by atoms with van der Waals surface area (Å²) in [5, 5.41) is 8.92. The van der Waals surface area contributed by atoms with Crippen molar-refractivity contribution in [1.29, 1.82) is 0 Å². The van der Waals surface area contributed by atoms with Crippen LogP contribution in [0.25, 0.3) is 6.08 Å². The normalized spacial score (nSPS) is 15.8. The van der Waals surface area contributed by atoms with Crippen LogP contribution in [0, 0.1) is 0 Å². The van der Waals surface area contributed by atoms with E-state index in [-0.39, 0.29) is 17.1 Å². The molecule has 1 N–H and O–H groups in total. The second-order valence-corrected chi connectivity index (χ2v) is 5.58. The molecular weight excluding hydrogens is 344 g/mol. The number of likely N-dealkylation sites (N-methyl/N-ethyl adjacent to an activating group) is 2. The molecule has 1 fully saturated rings. The van der Waals surface area contributed by atoms with Crippen molar-refractivity contribution in [2.45, 2.75) is 13.0 Å². The van der Waals surface area contributed by atoms with E-state index in [2.05, 4.69) is 0 Å². The van der Waals surface area contributed by atoms with Crippen LogP contribution < -0.4 is 9.47 Å². The molecule has 0 bridgehead atoms. The van der Waals surface area contributed by atoms with Crippen molar-refractivity contribution in [1.82, 2.24) is 9.80 Å². The topological polar surface area (TPSA) is 113 Å². The molecule has 0 aliphatic carbocycles. The summed E-state index contributed by atoms with van der Waals surface area (Å²) in [5.74, 6) is -2.11. The molecule has 1 aromatic carbocycles. The van der Waals surface area contributed by atoms with Gasteiger partial charge in [-0.2, -0.15) is 0 Å². The van der Waals surface area contributed by atoms with Crippen molar-refractivity contribution in [3.8, 4) is 11.5 Å². The highest BCUT2D eigenvalue weighted by atomic mass is 16.5. The minimum Gasteiger partial charge on any atom is -0.493 e. The number of rotatable bonds is 5. The Balaban J connectivity index is 2.38. The van der Waals surface area contributed by atoms with Crippen LogP contribution in [-0.2, 0) is 14.4 Å². The zero-order chi connectivity index (χ0) is 19.6. The van der Waals surface area contributed by atoms with E-state index >= 15 is 0 Å². The average Bonchev–Trinajstić information content (AvgIpc) is 2.62. The first-order valence-electron chi connectivity index (χ1n) is 7.56. The van der Waals surface area contributed by atoms with Crippen LogP contribution in [0.3, 0.4) is 0 Å². The molecule has 0 aromatic heterocycles. The van der Waals surface area contributed by atoms with Crippen LogP contribution in [0.2, 0.25) is 0 Å². The lowest BCUT2D eigenvalue weighted by Crippen LogP contribution is -2.52. The number of carboxylic acids is 1. The Morgan fingerprint density at radius 1 is 1.12 bits per heavy atom. The summed E-state index contributed by atoms with van der Waals surface area (Å²) < 4.78 is 10.5. The van der Waals surface area contributed by atoms with Gasteiger partial charge in [0.1, 0.15) is 5.57 Å². The number of carbonyl (C=O) groups is 4. The maximum Gasteiger partial charge on any atom is 0.344 e. The van der Waals surface area contributed by atoms with Crippen molar-refractivity contribution < 1.29 is 33.8 Å². The van der Waals surface area contributed by atoms with Gasteiger partial charge in [-0.25, -0.2) is 9.59 Å². The zero-order valence-corrected chi connectivity index (χ0v) is 14.7. The maximum atomic E-state index is 12.2. The first-order valence-corrected chi connectivity index (χ1v) is 7.56. The summed E-state index contributed by atoms with van der Waals surface area (Å²) in [6, 6.07) is 3.80. The number of benzene rings is 1. The number of imide groups is 2. The third kappa shape index (κ3) is 3.51. The molecule has 138 valence electrons. The molecule has 1 atom stereocenters. The first-order chi connectivity index (χ1) is 12.2. The van der Waals surface area contributed by atoms with E-state index in [1.807, 2.05) is 0 Å². The summed E-state index contributed by atoms with van der Waals surface area (Å²) >= 11 is 0. The second-order valence-electron chi connectivity index (χ2n) is 5.58. The number of ether oxygens (including phenoxy) is 2. The Morgan fingerprint density at radius 2 is 1.69 bits per heavy atom. The smallest absolute Gasteiger partial charge is 0.344 e. The first kappa shape index (κ1) is 19.0. The summed E-state index contributed by atoms with van der Waals surface area (Å²) in [6.07, 6.45) is 0.250. The van der Waals surface area contributed by atoms with Crippen LogP contribution in [0.4, 0.5) is 4.79 Å². The number of aliphatic carboxylic acids is 1. The van der Waals surface area contributed by atoms with Crippen LogP contribution in [-0.4, -0.2) is 66.0 Å². The van der Waals surface area contributed by atoms with Gasteiger partial charge in [0, 0.05) is 14.1 Å². The van der Waals surface area contributed by atoms with Crippen LogP contribution in [0.1, 0.15) is 12.5 Å². The largest absolute Gasteiger partial charge is 0.493 e. The molecule has 0 spiro atoms. The lowest BCUT2D eigenvalue weighted by molar-refractivity contribution is -0.144. The van der Waals surface area contributed by atoms with Gasteiger partial charge in [0.25, 0.3) is 11.8 Å². The highest BCUT2D eigenvalue weighted by Gasteiger charge is 2.37. The number of hydrogen-bond acceptors (Lipinski definition) is 6. The lowest BCUT2D eigenvalue weighted by atomic mass is 10.1. The number of hydrogen-bond donors (Lipinski definition) is 1. The molecule has 26 heavy (non-hydrogen) atoms. The number of carboxylic acid groups (broad SMARTS) is 1. The molecule has 0 saturated carbocycles. The summed E-state index contributed by atoms with van der Waals surface area (Å²) in [5.41, 5.74) is 0.272. The fraction of sp³-hybridized carbons (Fsp3) is 0.294. The van der Waals surface area contributed by atoms with Crippen molar-refractivity contribution in [3.05, 3.63) is 29.3 Å². The Bertz CT molecular complexity index is 789. The fourth-order valence-electron chi connectivity index (χ4n) is 2.25. The van der Waals surface area contributed by atoms with E-state index in [9.17, 15) is 19.2 Å². The number of carbonyl (C=O) groups excluding carboxylic acids is 3. The van der Waals surface area contributed by atoms with Gasteiger partial charge in [-0.1, -0.05) is 6.07 Å². The van der Waals surface area contributed by atoms with E-state index in [1.54, 1.807) is 0 Å². The third-order valence-corrected chi connectivity index (χ3v) is 3.79. The molecule has 1 heterocycles. The number of amides is 4. The Labute approximate surface area is 149 Å². The molecule has 1 aromatic rings. The molecule has 0 radical (unpaired) electrons. The predicted molar refractivity (Wildman–Crippen MR) is 89.6 cm³/mol. The van der Waals surface area contributed by atoms with E-state index in [0.717, 1.165) is 9.80 Å². The molecule has 4 amide bonds. The summed E-state index contributed by atoms with van der Waals surface area (Å²) in [6.45, 7) is 1.37. The quantitative estimate of drug-likeness (QED) is 0.613. The summed E-state index contributed by atoms with van der Waals surface area (Å²) in [4.78, 5) is 48.8. The monoisotopic (exact) mass is 362 g/mol. The molecule has 9 nitrogen and oxygen atoms in total. The number of methoxy groups -OCH3 is 1. The molecule has 1 saturated heterocycles. The standard InChI is InChI=1S/C17H18N2O7/c1-9(16(22)23)26-12-6-5-10(8-13(12)25-4)7-11-14(20)18(2)17(24)19(3)15(11)21/h5-9H,1-4H3,(H,22,23). The van der Waals surface area contributed by atoms with Gasteiger partial charge in [0.05, 0.1) is 7.11 Å². The highest BCUT2D eigenvalue weighted by Crippen LogP contribution is 2.30. The van der Waals surface area contributed by atoms with Crippen LogP contribution >= 0.6 is 0 Å². The van der Waals surface area contributed by atoms with Gasteiger partial charge in [-0.05, 0) is 30.7 Å². The van der Waals surface area contributed by atoms with Gasteiger partial charge >= 0.3 is 12.0 Å². The van der Waals surface area contributed by atoms with Gasteiger partial charge in [-0.15, -0.1) is 0 Å². The Kier molecular flexibility index (Phi) is 5.30. The van der Waals surface area contributed by atoms with Crippen LogP contribution in [0.5, 0.6) is 11.5 Å². The van der Waals surface area contributed by atoms with E-state index in [1.165, 1.54) is 52.4 Å². The maximum absolute atomic E-state index is 12.2. The molecule has 9 heteroatoms. The lowest BCUT2D eigenvalue weighted by Gasteiger charge is -2.28. The minimum absolute atomic E-state index is 0.177. The van der Waals surface area contributed by atoms with E-state index < -0.39 is 29.9 Å². The van der Waals surface area contributed by atoms with Crippen molar-refractivity contribution >= 4 is 29.9 Å².